The van der Waals surface area contributed by atoms with Crippen molar-refractivity contribution in [3.63, 3.8) is 0 Å². The number of nitrogens with zero attached hydrogens (tertiary/aromatic N) is 4. The third-order valence-corrected chi connectivity index (χ3v) is 4.09. The first-order valence-corrected chi connectivity index (χ1v) is 7.69. The largest absolute Gasteiger partial charge is 0.339 e. The van der Waals surface area contributed by atoms with Crippen molar-refractivity contribution in [2.45, 2.75) is 32.6 Å². The van der Waals surface area contributed by atoms with Gasteiger partial charge in [-0.3, -0.25) is 9.59 Å². The van der Waals surface area contributed by atoms with E-state index in [2.05, 4.69) is 16.6 Å². The predicted octanol–water partition coefficient (Wildman–Crippen LogP) is 1.06. The lowest BCUT2D eigenvalue weighted by Gasteiger charge is -2.18. The van der Waals surface area contributed by atoms with Gasteiger partial charge in [-0.05, 0) is 25.8 Å². The number of aromatic nitrogens is 1. The van der Waals surface area contributed by atoms with Gasteiger partial charge in [-0.1, -0.05) is 6.42 Å². The molecule has 7 nitrogen and oxygen atoms in total. The van der Waals surface area contributed by atoms with Gasteiger partial charge in [0, 0.05) is 31.3 Å². The summed E-state index contributed by atoms with van der Waals surface area (Å²) in [6.45, 7) is 2.53. The normalized spacial score (nSPS) is 15.5. The van der Waals surface area contributed by atoms with E-state index >= 15 is 0 Å². The van der Waals surface area contributed by atoms with Crippen molar-refractivity contribution in [3.05, 3.63) is 23.0 Å². The van der Waals surface area contributed by atoms with Crippen molar-refractivity contribution in [1.82, 2.24) is 14.9 Å². The summed E-state index contributed by atoms with van der Waals surface area (Å²) in [5, 5.41) is 12.9. The summed E-state index contributed by atoms with van der Waals surface area (Å²) < 4.78 is 1.76. The lowest BCUT2D eigenvalue weighted by Crippen LogP contribution is -2.39. The maximum Gasteiger partial charge on any atom is 0.259 e. The highest BCUT2D eigenvalue weighted by Crippen LogP contribution is 2.11. The Morgan fingerprint density at radius 2 is 2.26 bits per heavy atom. The van der Waals surface area contributed by atoms with Crippen molar-refractivity contribution in [2.75, 3.05) is 13.1 Å². The number of carbonyl (C=O) groups is 2. The molecule has 0 atom stereocenters. The molecule has 1 aliphatic rings. The van der Waals surface area contributed by atoms with Gasteiger partial charge in [-0.2, -0.15) is 10.4 Å². The Balaban J connectivity index is 1.91. The van der Waals surface area contributed by atoms with Crippen LogP contribution in [0.25, 0.3) is 0 Å². The molecular formula is C16H21N5O2. The molecule has 0 aromatic carbocycles. The number of hydrogen-bond donors (Lipinski definition) is 1. The molecule has 1 fully saturated rings. The Morgan fingerprint density at radius 1 is 1.48 bits per heavy atom. The molecule has 23 heavy (non-hydrogen) atoms. The summed E-state index contributed by atoms with van der Waals surface area (Å²) in [5.41, 5.74) is 4.63. The van der Waals surface area contributed by atoms with Gasteiger partial charge in [0.05, 0.1) is 6.21 Å². The van der Waals surface area contributed by atoms with E-state index in [4.69, 9.17) is 5.26 Å². The third kappa shape index (κ3) is 4.19. The average molecular weight is 315 g/mol. The minimum atomic E-state index is -0.314. The first-order chi connectivity index (χ1) is 11.0. The molecule has 1 aliphatic heterocycles. The number of rotatable bonds is 4. The van der Waals surface area contributed by atoms with Gasteiger partial charge < -0.3 is 9.47 Å². The van der Waals surface area contributed by atoms with E-state index in [0.717, 1.165) is 30.5 Å². The Hall–Kier alpha value is -2.62. The van der Waals surface area contributed by atoms with E-state index in [1.54, 1.807) is 22.6 Å². The second kappa shape index (κ2) is 7.58. The molecule has 1 aromatic heterocycles. The quantitative estimate of drug-likeness (QED) is 0.665. The van der Waals surface area contributed by atoms with Crippen molar-refractivity contribution in [2.24, 2.45) is 12.1 Å². The molecule has 0 aliphatic carbocycles. The molecule has 0 spiro atoms. The van der Waals surface area contributed by atoms with E-state index in [1.165, 1.54) is 6.21 Å². The van der Waals surface area contributed by atoms with Gasteiger partial charge in [-0.25, -0.2) is 5.43 Å². The smallest absolute Gasteiger partial charge is 0.259 e. The summed E-state index contributed by atoms with van der Waals surface area (Å²) in [6.07, 6.45) is 4.87. The van der Waals surface area contributed by atoms with Crippen LogP contribution in [0, 0.1) is 18.3 Å². The molecule has 2 amide bonds. The summed E-state index contributed by atoms with van der Waals surface area (Å²) in [4.78, 5) is 25.3. The zero-order valence-corrected chi connectivity index (χ0v) is 13.5. The van der Waals surface area contributed by atoms with Crippen LogP contribution >= 0.6 is 0 Å². The molecule has 2 heterocycles. The van der Waals surface area contributed by atoms with Crippen LogP contribution in [0.1, 0.15) is 42.6 Å². The highest BCUT2D eigenvalue weighted by molar-refractivity contribution is 5.87. The number of carbonyl (C=O) groups excluding carboxylic acids is 2. The molecule has 1 N–H and O–H groups in total. The van der Waals surface area contributed by atoms with Gasteiger partial charge in [0.15, 0.2) is 0 Å². The number of amides is 2. The fourth-order valence-electron chi connectivity index (χ4n) is 2.55. The minimum absolute atomic E-state index is 0.0270. The molecule has 0 unspecified atom stereocenters. The van der Waals surface area contributed by atoms with Gasteiger partial charge in [0.1, 0.15) is 18.3 Å². The first kappa shape index (κ1) is 16.7. The standard InChI is InChI=1S/C16H21N5O2/c1-12-13(8-14(9-17)20(12)2)10-18-19-15(22)11-21-7-5-3-4-6-16(21)23/h8,10H,3-7,11H2,1-2H3,(H,19,22)/b18-10-. The Morgan fingerprint density at radius 3 is 2.96 bits per heavy atom. The molecule has 7 heteroatoms. The van der Waals surface area contributed by atoms with Crippen LogP contribution < -0.4 is 5.43 Å². The maximum absolute atomic E-state index is 11.9. The van der Waals surface area contributed by atoms with E-state index in [9.17, 15) is 9.59 Å². The lowest BCUT2D eigenvalue weighted by molar-refractivity contribution is -0.135. The van der Waals surface area contributed by atoms with E-state index in [-0.39, 0.29) is 18.4 Å². The third-order valence-electron chi connectivity index (χ3n) is 4.09. The van der Waals surface area contributed by atoms with Gasteiger partial charge in [0.2, 0.25) is 5.91 Å². The van der Waals surface area contributed by atoms with Gasteiger partial charge >= 0.3 is 0 Å². The van der Waals surface area contributed by atoms with Crippen molar-refractivity contribution in [1.29, 1.82) is 5.26 Å². The molecule has 1 aromatic rings. The topological polar surface area (TPSA) is 90.5 Å². The van der Waals surface area contributed by atoms with Crippen LogP contribution in [0.5, 0.6) is 0 Å². The Bertz CT molecular complexity index is 669. The summed E-state index contributed by atoms with van der Waals surface area (Å²) in [6, 6.07) is 3.80. The van der Waals surface area contributed by atoms with E-state index in [0.29, 0.717) is 18.7 Å². The molecular weight excluding hydrogens is 294 g/mol. The Labute approximate surface area is 135 Å². The lowest BCUT2D eigenvalue weighted by atomic mass is 10.2. The van der Waals surface area contributed by atoms with Crippen LogP contribution in [0.4, 0.5) is 0 Å². The number of likely N-dealkylation sites (tertiary alicyclic amines) is 1. The van der Waals surface area contributed by atoms with Gasteiger partial charge in [0.25, 0.3) is 5.91 Å². The van der Waals surface area contributed by atoms with Crippen LogP contribution in [-0.4, -0.2) is 40.6 Å². The fraction of sp³-hybridized carbons (Fsp3) is 0.500. The van der Waals surface area contributed by atoms with Crippen LogP contribution in [0.15, 0.2) is 11.2 Å². The van der Waals surface area contributed by atoms with Crippen molar-refractivity contribution >= 4 is 18.0 Å². The van der Waals surface area contributed by atoms with Crippen molar-refractivity contribution < 1.29 is 9.59 Å². The van der Waals surface area contributed by atoms with Crippen molar-refractivity contribution in [3.8, 4) is 6.07 Å². The van der Waals surface area contributed by atoms with E-state index < -0.39 is 0 Å². The second-order valence-corrected chi connectivity index (χ2v) is 5.66. The summed E-state index contributed by atoms with van der Waals surface area (Å²) in [7, 11) is 1.80. The highest BCUT2D eigenvalue weighted by Gasteiger charge is 2.18. The highest BCUT2D eigenvalue weighted by atomic mass is 16.2. The second-order valence-electron chi connectivity index (χ2n) is 5.66. The molecule has 0 radical (unpaired) electrons. The molecule has 1 saturated heterocycles. The number of hydrazone groups is 1. The SMILES string of the molecule is Cc1c(/C=N\NC(=O)CN2CCCCCC2=O)cc(C#N)n1C. The zero-order chi connectivity index (χ0) is 16.8. The molecule has 122 valence electrons. The van der Waals surface area contributed by atoms with Crippen LogP contribution in [0.2, 0.25) is 0 Å². The monoisotopic (exact) mass is 315 g/mol. The van der Waals surface area contributed by atoms with Crippen LogP contribution in [0.3, 0.4) is 0 Å². The average Bonchev–Trinajstić information content (AvgIpc) is 2.68. The molecule has 2 rings (SSSR count). The van der Waals surface area contributed by atoms with Crippen LogP contribution in [-0.2, 0) is 16.6 Å². The summed E-state index contributed by atoms with van der Waals surface area (Å²) >= 11 is 0. The van der Waals surface area contributed by atoms with Gasteiger partial charge in [-0.15, -0.1) is 0 Å². The minimum Gasteiger partial charge on any atom is -0.339 e. The number of hydrogen-bond acceptors (Lipinski definition) is 4. The van der Waals surface area contributed by atoms with E-state index in [1.807, 2.05) is 6.92 Å². The first-order valence-electron chi connectivity index (χ1n) is 7.69. The number of nitrogens with one attached hydrogen (secondary N) is 1. The fourth-order valence-corrected chi connectivity index (χ4v) is 2.55. The molecule has 0 bridgehead atoms. The molecule has 0 saturated carbocycles. The summed E-state index contributed by atoms with van der Waals surface area (Å²) in [5.74, 6) is -0.287. The predicted molar refractivity (Wildman–Crippen MR) is 85.6 cm³/mol. The number of nitriles is 1. The maximum atomic E-state index is 11.9. The Kier molecular flexibility index (Phi) is 5.52. The zero-order valence-electron chi connectivity index (χ0n) is 13.5.